The van der Waals surface area contributed by atoms with Crippen LogP contribution in [0, 0.1) is 0 Å². The summed E-state index contributed by atoms with van der Waals surface area (Å²) in [5.41, 5.74) is 1.81. The van der Waals surface area contributed by atoms with Crippen molar-refractivity contribution in [2.24, 2.45) is 0 Å². The van der Waals surface area contributed by atoms with E-state index in [1.54, 1.807) is 12.1 Å². The molecule has 0 aromatic heterocycles. The number of rotatable bonds is 5. The zero-order chi connectivity index (χ0) is 15.4. The van der Waals surface area contributed by atoms with Gasteiger partial charge in [-0.1, -0.05) is 0 Å². The second kappa shape index (κ2) is 6.72. The number of esters is 1. The quantitative estimate of drug-likeness (QED) is 0.611. The third-order valence-corrected chi connectivity index (χ3v) is 3.82. The summed E-state index contributed by atoms with van der Waals surface area (Å²) in [5, 5.41) is 0. The fourth-order valence-corrected chi connectivity index (χ4v) is 2.92. The number of likely N-dealkylation sites (N-methyl/N-ethyl adjacent to an activating group) is 1. The molecular weight excluding hydrogens is 268 g/mol. The molecule has 2 rings (SSSR count). The van der Waals surface area contributed by atoms with Crippen LogP contribution in [-0.4, -0.2) is 57.5 Å². The number of hydrogen-bond donors (Lipinski definition) is 0. The van der Waals surface area contributed by atoms with Gasteiger partial charge in [-0.3, -0.25) is 4.79 Å². The minimum absolute atomic E-state index is 0.380. The van der Waals surface area contributed by atoms with Crippen LogP contribution >= 0.6 is 0 Å². The summed E-state index contributed by atoms with van der Waals surface area (Å²) < 4.78 is 4.86. The first-order valence-electron chi connectivity index (χ1n) is 7.15. The molecule has 114 valence electrons. The van der Waals surface area contributed by atoms with Gasteiger partial charge in [-0.15, -0.1) is 0 Å². The molecule has 0 radical (unpaired) electrons. The van der Waals surface area contributed by atoms with E-state index < -0.39 is 5.97 Å². The van der Waals surface area contributed by atoms with Crippen molar-refractivity contribution >= 4 is 17.9 Å². The molecule has 0 N–H and O–H groups in total. The van der Waals surface area contributed by atoms with Gasteiger partial charge in [-0.25, -0.2) is 4.79 Å². The third kappa shape index (κ3) is 3.42. The van der Waals surface area contributed by atoms with Crippen molar-refractivity contribution in [3.05, 3.63) is 29.3 Å². The molecule has 0 bridgehead atoms. The van der Waals surface area contributed by atoms with Crippen LogP contribution in [-0.2, 0) is 4.74 Å². The van der Waals surface area contributed by atoms with Crippen molar-refractivity contribution in [3.63, 3.8) is 0 Å². The largest absolute Gasteiger partial charge is 0.465 e. The average Bonchev–Trinajstić information content (AvgIpc) is 2.92. The maximum Gasteiger partial charge on any atom is 0.339 e. The Labute approximate surface area is 125 Å². The van der Waals surface area contributed by atoms with Crippen LogP contribution in [0.1, 0.15) is 33.6 Å². The van der Waals surface area contributed by atoms with Gasteiger partial charge in [0.1, 0.15) is 6.29 Å². The normalized spacial score (nSPS) is 18.1. The van der Waals surface area contributed by atoms with E-state index in [-0.39, 0.29) is 0 Å². The lowest BCUT2D eigenvalue weighted by Crippen LogP contribution is -2.38. The van der Waals surface area contributed by atoms with E-state index in [0.29, 0.717) is 17.2 Å². The maximum atomic E-state index is 12.0. The molecule has 0 aliphatic carbocycles. The fourth-order valence-electron chi connectivity index (χ4n) is 2.92. The van der Waals surface area contributed by atoms with Gasteiger partial charge >= 0.3 is 5.97 Å². The van der Waals surface area contributed by atoms with Crippen LogP contribution < -0.4 is 4.90 Å². The highest BCUT2D eigenvalue weighted by molar-refractivity contribution is 5.97. The molecule has 1 atom stereocenters. The summed E-state index contributed by atoms with van der Waals surface area (Å²) in [5.74, 6) is -0.399. The lowest BCUT2D eigenvalue weighted by molar-refractivity contribution is 0.0601. The monoisotopic (exact) mass is 290 g/mol. The lowest BCUT2D eigenvalue weighted by atomic mass is 10.1. The number of carbonyl (C=O) groups is 2. The first-order chi connectivity index (χ1) is 10.1. The van der Waals surface area contributed by atoms with Gasteiger partial charge in [0.05, 0.1) is 18.4 Å². The Morgan fingerprint density at radius 2 is 2.24 bits per heavy atom. The molecule has 0 amide bonds. The van der Waals surface area contributed by atoms with Gasteiger partial charge in [0.15, 0.2) is 0 Å². The van der Waals surface area contributed by atoms with Crippen molar-refractivity contribution in [3.8, 4) is 0 Å². The number of carbonyl (C=O) groups excluding carboxylic acids is 2. The molecular formula is C16H22N2O3. The first-order valence-corrected chi connectivity index (χ1v) is 7.15. The maximum absolute atomic E-state index is 12.0. The molecule has 1 aromatic rings. The van der Waals surface area contributed by atoms with Gasteiger partial charge in [0.2, 0.25) is 0 Å². The topological polar surface area (TPSA) is 49.9 Å². The van der Waals surface area contributed by atoms with E-state index in [1.165, 1.54) is 7.11 Å². The molecule has 5 heteroatoms. The highest BCUT2D eigenvalue weighted by atomic mass is 16.5. The predicted octanol–water partition coefficient (Wildman–Crippen LogP) is 1.82. The van der Waals surface area contributed by atoms with E-state index in [2.05, 4.69) is 9.80 Å². The number of benzene rings is 1. The fraction of sp³-hybridized carbons (Fsp3) is 0.500. The van der Waals surface area contributed by atoms with Gasteiger partial charge in [0.25, 0.3) is 0 Å². The molecule has 1 aliphatic rings. The van der Waals surface area contributed by atoms with Crippen LogP contribution in [0.4, 0.5) is 5.69 Å². The summed E-state index contributed by atoms with van der Waals surface area (Å²) in [6, 6.07) is 5.59. The van der Waals surface area contributed by atoms with Crippen LogP contribution in [0.3, 0.4) is 0 Å². The molecule has 21 heavy (non-hydrogen) atoms. The van der Waals surface area contributed by atoms with E-state index in [9.17, 15) is 9.59 Å². The standard InChI is InChI=1S/C16H22N2O3/c1-17(2)10-13-5-4-8-18(13)15-7-6-12(11-19)9-14(15)16(20)21-3/h6-7,9,11,13H,4-5,8,10H2,1-3H3. The Morgan fingerprint density at radius 3 is 2.86 bits per heavy atom. The number of nitrogens with zero attached hydrogens (tertiary/aromatic N) is 2. The molecule has 1 aromatic carbocycles. The molecule has 1 saturated heterocycles. The number of methoxy groups -OCH3 is 1. The first kappa shape index (κ1) is 15.5. The summed E-state index contributed by atoms with van der Waals surface area (Å²) in [4.78, 5) is 27.4. The minimum atomic E-state index is -0.399. The molecule has 1 heterocycles. The Bertz CT molecular complexity index is 528. The molecule has 0 saturated carbocycles. The molecule has 0 spiro atoms. The van der Waals surface area contributed by atoms with Crippen molar-refractivity contribution in [1.82, 2.24) is 4.90 Å². The highest BCUT2D eigenvalue weighted by Gasteiger charge is 2.28. The van der Waals surface area contributed by atoms with Crippen molar-refractivity contribution in [1.29, 1.82) is 0 Å². The summed E-state index contributed by atoms with van der Waals surface area (Å²) >= 11 is 0. The second-order valence-corrected chi connectivity index (χ2v) is 5.64. The number of ether oxygens (including phenoxy) is 1. The highest BCUT2D eigenvalue weighted by Crippen LogP contribution is 2.30. The molecule has 1 unspecified atom stereocenters. The Hall–Kier alpha value is -1.88. The molecule has 5 nitrogen and oxygen atoms in total. The van der Waals surface area contributed by atoms with Crippen LogP contribution in [0.2, 0.25) is 0 Å². The number of aldehydes is 1. The number of hydrogen-bond acceptors (Lipinski definition) is 5. The van der Waals surface area contributed by atoms with Crippen LogP contribution in [0.25, 0.3) is 0 Å². The van der Waals surface area contributed by atoms with E-state index in [1.807, 2.05) is 20.2 Å². The lowest BCUT2D eigenvalue weighted by Gasteiger charge is -2.30. The Morgan fingerprint density at radius 1 is 1.48 bits per heavy atom. The van der Waals surface area contributed by atoms with Gasteiger partial charge in [-0.2, -0.15) is 0 Å². The van der Waals surface area contributed by atoms with E-state index >= 15 is 0 Å². The zero-order valence-electron chi connectivity index (χ0n) is 12.8. The van der Waals surface area contributed by atoms with Crippen molar-refractivity contribution in [2.45, 2.75) is 18.9 Å². The van der Waals surface area contributed by atoms with Gasteiger partial charge < -0.3 is 14.5 Å². The van der Waals surface area contributed by atoms with Crippen LogP contribution in [0.5, 0.6) is 0 Å². The molecule has 1 aliphatic heterocycles. The second-order valence-electron chi connectivity index (χ2n) is 5.64. The van der Waals surface area contributed by atoms with Crippen molar-refractivity contribution in [2.75, 3.05) is 39.2 Å². The SMILES string of the molecule is COC(=O)c1cc(C=O)ccc1N1CCCC1CN(C)C. The van der Waals surface area contributed by atoms with E-state index in [4.69, 9.17) is 4.74 Å². The Kier molecular flexibility index (Phi) is 4.96. The Balaban J connectivity index is 2.37. The third-order valence-electron chi connectivity index (χ3n) is 3.82. The van der Waals surface area contributed by atoms with Crippen LogP contribution in [0.15, 0.2) is 18.2 Å². The van der Waals surface area contributed by atoms with Gasteiger partial charge in [-0.05, 0) is 45.1 Å². The summed E-state index contributed by atoms with van der Waals surface area (Å²) in [6.45, 7) is 1.86. The zero-order valence-corrected chi connectivity index (χ0v) is 12.8. The average molecular weight is 290 g/mol. The smallest absolute Gasteiger partial charge is 0.339 e. The van der Waals surface area contributed by atoms with Crippen molar-refractivity contribution < 1.29 is 14.3 Å². The summed E-state index contributed by atoms with van der Waals surface area (Å²) in [6.07, 6.45) is 2.96. The molecule has 1 fully saturated rings. The summed E-state index contributed by atoms with van der Waals surface area (Å²) in [7, 11) is 5.46. The predicted molar refractivity (Wildman–Crippen MR) is 82.1 cm³/mol. The number of anilines is 1. The van der Waals surface area contributed by atoms with E-state index in [0.717, 1.165) is 37.9 Å². The minimum Gasteiger partial charge on any atom is -0.465 e. The van der Waals surface area contributed by atoms with Gasteiger partial charge in [0, 0.05) is 24.7 Å².